The van der Waals surface area contributed by atoms with Crippen molar-refractivity contribution in [1.29, 1.82) is 0 Å². The predicted octanol–water partition coefficient (Wildman–Crippen LogP) is 3.42. The maximum absolute atomic E-state index is 13.6. The number of fused-ring (bicyclic) bond motifs is 1. The Kier molecular flexibility index (Phi) is 2.33. The molecular formula is C13H7F3N2. The van der Waals surface area contributed by atoms with Gasteiger partial charge in [0.1, 0.15) is 23.1 Å². The van der Waals surface area contributed by atoms with Crippen LogP contribution in [0.2, 0.25) is 0 Å². The smallest absolute Gasteiger partial charge is 0.139 e. The summed E-state index contributed by atoms with van der Waals surface area (Å²) < 4.78 is 41.6. The van der Waals surface area contributed by atoms with Gasteiger partial charge in [0.05, 0.1) is 11.3 Å². The minimum absolute atomic E-state index is 0.135. The molecule has 0 amide bonds. The third-order valence-corrected chi connectivity index (χ3v) is 2.63. The largest absolute Gasteiger partial charge is 0.303 e. The second-order valence-corrected chi connectivity index (χ2v) is 3.84. The average molecular weight is 248 g/mol. The molecular weight excluding hydrogens is 241 g/mol. The molecule has 0 atom stereocenters. The van der Waals surface area contributed by atoms with E-state index in [0.29, 0.717) is 5.65 Å². The zero-order valence-electron chi connectivity index (χ0n) is 9.07. The van der Waals surface area contributed by atoms with Crippen molar-refractivity contribution in [3.05, 3.63) is 60.2 Å². The van der Waals surface area contributed by atoms with Gasteiger partial charge in [0.25, 0.3) is 0 Å². The van der Waals surface area contributed by atoms with Crippen molar-refractivity contribution in [2.75, 3.05) is 0 Å². The number of imidazole rings is 1. The van der Waals surface area contributed by atoms with Crippen molar-refractivity contribution in [3.8, 4) is 11.3 Å². The molecule has 2 heterocycles. The summed E-state index contributed by atoms with van der Waals surface area (Å²) in [5.74, 6) is -1.83. The first kappa shape index (κ1) is 10.8. The minimum atomic E-state index is -0.695. The van der Waals surface area contributed by atoms with Crippen molar-refractivity contribution in [2.24, 2.45) is 0 Å². The van der Waals surface area contributed by atoms with Crippen LogP contribution in [0, 0.1) is 17.5 Å². The van der Waals surface area contributed by atoms with Gasteiger partial charge in [-0.1, -0.05) is 6.07 Å². The summed E-state index contributed by atoms with van der Waals surface area (Å²) >= 11 is 0. The van der Waals surface area contributed by atoms with E-state index in [1.165, 1.54) is 35.0 Å². The number of rotatable bonds is 1. The van der Waals surface area contributed by atoms with Gasteiger partial charge in [-0.3, -0.25) is 0 Å². The van der Waals surface area contributed by atoms with E-state index in [1.807, 2.05) is 0 Å². The Hall–Kier alpha value is -2.30. The quantitative estimate of drug-likeness (QED) is 0.645. The van der Waals surface area contributed by atoms with Gasteiger partial charge in [0.2, 0.25) is 0 Å². The van der Waals surface area contributed by atoms with E-state index in [9.17, 15) is 13.2 Å². The zero-order valence-corrected chi connectivity index (χ0v) is 9.07. The van der Waals surface area contributed by atoms with Gasteiger partial charge in [-0.15, -0.1) is 0 Å². The highest BCUT2D eigenvalue weighted by atomic mass is 19.1. The molecule has 3 aromatic rings. The zero-order chi connectivity index (χ0) is 12.7. The van der Waals surface area contributed by atoms with Gasteiger partial charge in [-0.2, -0.15) is 0 Å². The normalized spacial score (nSPS) is 11.1. The van der Waals surface area contributed by atoms with Crippen molar-refractivity contribution >= 4 is 5.65 Å². The molecule has 0 saturated carbocycles. The monoisotopic (exact) mass is 248 g/mol. The fourth-order valence-corrected chi connectivity index (χ4v) is 1.83. The summed E-state index contributed by atoms with van der Waals surface area (Å²) in [6.07, 6.45) is 2.59. The average Bonchev–Trinajstić information content (AvgIpc) is 2.71. The summed E-state index contributed by atoms with van der Waals surface area (Å²) in [6, 6.07) is 6.27. The summed E-state index contributed by atoms with van der Waals surface area (Å²) in [6.45, 7) is 0. The Morgan fingerprint density at radius 1 is 0.889 bits per heavy atom. The second-order valence-electron chi connectivity index (χ2n) is 3.84. The molecule has 1 aromatic carbocycles. The van der Waals surface area contributed by atoms with Crippen LogP contribution in [0.1, 0.15) is 0 Å². The standard InChI is InChI=1S/C13H7F3N2/c14-8-4-5-12-17-11(7-18(12)6-8)13-9(15)2-1-3-10(13)16/h1-7H. The molecule has 0 radical (unpaired) electrons. The highest BCUT2D eigenvalue weighted by Gasteiger charge is 2.14. The highest BCUT2D eigenvalue weighted by Crippen LogP contribution is 2.25. The molecule has 0 unspecified atom stereocenters. The van der Waals surface area contributed by atoms with Gasteiger partial charge >= 0.3 is 0 Å². The molecule has 2 nitrogen and oxygen atoms in total. The topological polar surface area (TPSA) is 17.3 Å². The maximum Gasteiger partial charge on any atom is 0.139 e. The number of aromatic nitrogens is 2. The molecule has 0 N–H and O–H groups in total. The highest BCUT2D eigenvalue weighted by molar-refractivity contribution is 5.63. The van der Waals surface area contributed by atoms with Crippen LogP contribution in [0.15, 0.2) is 42.7 Å². The summed E-state index contributed by atoms with van der Waals surface area (Å²) in [4.78, 5) is 4.06. The van der Waals surface area contributed by atoms with Crippen molar-refractivity contribution in [2.45, 2.75) is 0 Å². The van der Waals surface area contributed by atoms with E-state index < -0.39 is 17.5 Å². The summed E-state index contributed by atoms with van der Waals surface area (Å²) in [5, 5.41) is 0. The third kappa shape index (κ3) is 1.64. The number of hydrogen-bond donors (Lipinski definition) is 0. The number of pyridine rings is 1. The fourth-order valence-electron chi connectivity index (χ4n) is 1.83. The van der Waals surface area contributed by atoms with E-state index in [0.717, 1.165) is 12.1 Å². The lowest BCUT2D eigenvalue weighted by molar-refractivity contribution is 0.589. The number of nitrogens with zero attached hydrogens (tertiary/aromatic N) is 2. The lowest BCUT2D eigenvalue weighted by Crippen LogP contribution is -1.89. The first-order chi connectivity index (χ1) is 8.65. The van der Waals surface area contributed by atoms with Crippen molar-refractivity contribution in [1.82, 2.24) is 9.38 Å². The van der Waals surface area contributed by atoms with Crippen LogP contribution >= 0.6 is 0 Å². The van der Waals surface area contributed by atoms with E-state index >= 15 is 0 Å². The Morgan fingerprint density at radius 3 is 2.33 bits per heavy atom. The molecule has 0 spiro atoms. The molecule has 0 fully saturated rings. The Labute approximate surface area is 100 Å². The molecule has 0 aliphatic rings. The summed E-state index contributed by atoms with van der Waals surface area (Å²) in [7, 11) is 0. The molecule has 0 aliphatic carbocycles. The van der Waals surface area contributed by atoms with Gasteiger partial charge in [-0.25, -0.2) is 18.2 Å². The first-order valence-corrected chi connectivity index (χ1v) is 5.24. The van der Waals surface area contributed by atoms with E-state index in [-0.39, 0.29) is 11.3 Å². The maximum atomic E-state index is 13.6. The minimum Gasteiger partial charge on any atom is -0.303 e. The van der Waals surface area contributed by atoms with Crippen LogP contribution in [-0.2, 0) is 0 Å². The van der Waals surface area contributed by atoms with E-state index in [2.05, 4.69) is 4.98 Å². The molecule has 0 aliphatic heterocycles. The lowest BCUT2D eigenvalue weighted by Gasteiger charge is -1.99. The molecule has 18 heavy (non-hydrogen) atoms. The SMILES string of the molecule is Fc1ccc2nc(-c3c(F)cccc3F)cn2c1. The molecule has 5 heteroatoms. The molecule has 90 valence electrons. The lowest BCUT2D eigenvalue weighted by atomic mass is 10.1. The van der Waals surface area contributed by atoms with Crippen LogP contribution < -0.4 is 0 Å². The number of benzene rings is 1. The Balaban J connectivity index is 2.26. The van der Waals surface area contributed by atoms with E-state index in [1.54, 1.807) is 0 Å². The first-order valence-electron chi connectivity index (χ1n) is 5.24. The van der Waals surface area contributed by atoms with Gasteiger partial charge in [0.15, 0.2) is 0 Å². The van der Waals surface area contributed by atoms with Gasteiger partial charge in [0, 0.05) is 12.4 Å². The van der Waals surface area contributed by atoms with Gasteiger partial charge in [-0.05, 0) is 24.3 Å². The molecule has 0 bridgehead atoms. The van der Waals surface area contributed by atoms with E-state index in [4.69, 9.17) is 0 Å². The number of hydrogen-bond acceptors (Lipinski definition) is 1. The molecule has 0 saturated heterocycles. The predicted molar refractivity (Wildman–Crippen MR) is 60.5 cm³/mol. The molecule has 2 aromatic heterocycles. The molecule has 3 rings (SSSR count). The van der Waals surface area contributed by atoms with Crippen LogP contribution in [0.25, 0.3) is 16.9 Å². The van der Waals surface area contributed by atoms with Crippen LogP contribution in [0.5, 0.6) is 0 Å². The fraction of sp³-hybridized carbons (Fsp3) is 0. The van der Waals surface area contributed by atoms with Crippen LogP contribution in [-0.4, -0.2) is 9.38 Å². The Bertz CT molecular complexity index is 714. The van der Waals surface area contributed by atoms with Gasteiger partial charge < -0.3 is 4.40 Å². The van der Waals surface area contributed by atoms with Crippen molar-refractivity contribution < 1.29 is 13.2 Å². The van der Waals surface area contributed by atoms with Crippen molar-refractivity contribution in [3.63, 3.8) is 0 Å². The van der Waals surface area contributed by atoms with Crippen LogP contribution in [0.3, 0.4) is 0 Å². The Morgan fingerprint density at radius 2 is 1.61 bits per heavy atom. The second kappa shape index (κ2) is 3.87. The summed E-state index contributed by atoms with van der Waals surface area (Å²) in [5.41, 5.74) is 0.354. The number of halogens is 3. The third-order valence-electron chi connectivity index (χ3n) is 2.63. The van der Waals surface area contributed by atoms with Crippen LogP contribution in [0.4, 0.5) is 13.2 Å².